The fourth-order valence-electron chi connectivity index (χ4n) is 1.56. The molecule has 1 unspecified atom stereocenters. The van der Waals surface area contributed by atoms with Crippen molar-refractivity contribution in [2.75, 3.05) is 13.2 Å². The third-order valence-corrected chi connectivity index (χ3v) is 2.66. The quantitative estimate of drug-likeness (QED) is 0.653. The van der Waals surface area contributed by atoms with Gasteiger partial charge in [-0.25, -0.2) is 0 Å². The fraction of sp³-hybridized carbons (Fsp3) is 0.583. The number of hydrogen-bond donors (Lipinski definition) is 3. The minimum atomic E-state index is 0.190. The topological polar surface area (TPSA) is 65.4 Å². The van der Waals surface area contributed by atoms with Crippen LogP contribution in [-0.2, 0) is 6.54 Å². The van der Waals surface area contributed by atoms with Gasteiger partial charge in [0.25, 0.3) is 0 Å². The Labute approximate surface area is 96.3 Å². The van der Waals surface area contributed by atoms with E-state index < -0.39 is 0 Å². The molecule has 0 amide bonds. The first-order chi connectivity index (χ1) is 7.76. The van der Waals surface area contributed by atoms with E-state index in [0.29, 0.717) is 12.5 Å². The molecular weight excluding hydrogens is 204 g/mol. The van der Waals surface area contributed by atoms with Crippen molar-refractivity contribution >= 4 is 0 Å². The predicted octanol–water partition coefficient (Wildman–Crippen LogP) is 1.29. The Balaban J connectivity index is 2.26. The molecule has 0 aliphatic carbocycles. The first kappa shape index (κ1) is 12.9. The van der Waals surface area contributed by atoms with E-state index in [4.69, 9.17) is 10.2 Å². The highest BCUT2D eigenvalue weighted by Crippen LogP contribution is 2.07. The molecule has 0 aromatic carbocycles. The van der Waals surface area contributed by atoms with E-state index >= 15 is 0 Å². The average molecular weight is 224 g/mol. The summed E-state index contributed by atoms with van der Waals surface area (Å²) in [6.45, 7) is 3.96. The van der Waals surface area contributed by atoms with Crippen LogP contribution in [0.15, 0.2) is 18.3 Å². The van der Waals surface area contributed by atoms with Gasteiger partial charge in [-0.15, -0.1) is 0 Å². The minimum Gasteiger partial charge on any atom is -0.506 e. The molecule has 0 fully saturated rings. The molecule has 0 saturated heterocycles. The van der Waals surface area contributed by atoms with Crippen molar-refractivity contribution < 1.29 is 10.2 Å². The lowest BCUT2D eigenvalue weighted by Gasteiger charge is -2.13. The van der Waals surface area contributed by atoms with E-state index in [1.54, 1.807) is 12.1 Å². The monoisotopic (exact) mass is 224 g/mol. The van der Waals surface area contributed by atoms with Crippen molar-refractivity contribution in [2.45, 2.75) is 26.3 Å². The van der Waals surface area contributed by atoms with Crippen LogP contribution in [-0.4, -0.2) is 28.3 Å². The van der Waals surface area contributed by atoms with Gasteiger partial charge in [-0.05, 0) is 31.0 Å². The van der Waals surface area contributed by atoms with Crippen LogP contribution in [0, 0.1) is 5.92 Å². The molecule has 4 nitrogen and oxygen atoms in total. The van der Waals surface area contributed by atoms with Crippen molar-refractivity contribution in [2.24, 2.45) is 5.92 Å². The molecule has 0 saturated carbocycles. The van der Waals surface area contributed by atoms with Crippen LogP contribution >= 0.6 is 0 Å². The normalized spacial score (nSPS) is 12.6. The number of aliphatic hydroxyl groups is 1. The van der Waals surface area contributed by atoms with Gasteiger partial charge in [0.15, 0.2) is 0 Å². The number of aliphatic hydroxyl groups excluding tert-OH is 1. The zero-order valence-electron chi connectivity index (χ0n) is 9.69. The highest BCUT2D eigenvalue weighted by molar-refractivity contribution is 5.17. The zero-order chi connectivity index (χ0) is 11.8. The molecule has 16 heavy (non-hydrogen) atoms. The summed E-state index contributed by atoms with van der Waals surface area (Å²) in [7, 11) is 0. The Bertz CT molecular complexity index is 288. The van der Waals surface area contributed by atoms with E-state index in [1.807, 2.05) is 0 Å². The van der Waals surface area contributed by atoms with Crippen LogP contribution in [0.3, 0.4) is 0 Å². The molecular formula is C12H20N2O2. The zero-order valence-corrected chi connectivity index (χ0v) is 9.69. The van der Waals surface area contributed by atoms with Gasteiger partial charge < -0.3 is 15.5 Å². The molecule has 3 N–H and O–H groups in total. The maximum absolute atomic E-state index is 9.07. The third kappa shape index (κ3) is 4.59. The molecule has 90 valence electrons. The number of rotatable bonds is 7. The van der Waals surface area contributed by atoms with Crippen molar-refractivity contribution in [3.05, 3.63) is 24.0 Å². The highest BCUT2D eigenvalue weighted by Gasteiger charge is 2.04. The standard InChI is InChI=1S/C12H20N2O2/c1-2-10(5-6-15)7-13-8-11-3-4-12(16)9-14-11/h3-4,9-10,13,15-16H,2,5-8H2,1H3. The summed E-state index contributed by atoms with van der Waals surface area (Å²) in [6.07, 6.45) is 3.35. The van der Waals surface area contributed by atoms with E-state index in [1.165, 1.54) is 6.20 Å². The number of hydrogen-bond acceptors (Lipinski definition) is 4. The van der Waals surface area contributed by atoms with Gasteiger partial charge in [0.1, 0.15) is 5.75 Å². The lowest BCUT2D eigenvalue weighted by molar-refractivity contribution is 0.251. The van der Waals surface area contributed by atoms with Crippen LogP contribution in [0.5, 0.6) is 5.75 Å². The van der Waals surface area contributed by atoms with Gasteiger partial charge in [0, 0.05) is 13.2 Å². The Morgan fingerprint density at radius 1 is 1.44 bits per heavy atom. The number of nitrogens with zero attached hydrogens (tertiary/aromatic N) is 1. The molecule has 1 rings (SSSR count). The first-order valence-corrected chi connectivity index (χ1v) is 5.71. The minimum absolute atomic E-state index is 0.190. The number of pyridine rings is 1. The number of aromatic hydroxyl groups is 1. The average Bonchev–Trinajstić information content (AvgIpc) is 2.30. The second-order valence-electron chi connectivity index (χ2n) is 3.93. The van der Waals surface area contributed by atoms with Crippen molar-refractivity contribution in [1.29, 1.82) is 0 Å². The Kier molecular flexibility index (Phi) is 5.82. The summed E-state index contributed by atoms with van der Waals surface area (Å²) in [5.41, 5.74) is 0.914. The second kappa shape index (κ2) is 7.19. The van der Waals surface area contributed by atoms with Gasteiger partial charge in [-0.1, -0.05) is 13.3 Å². The fourth-order valence-corrected chi connectivity index (χ4v) is 1.56. The molecule has 4 heteroatoms. The van der Waals surface area contributed by atoms with Gasteiger partial charge in [-0.2, -0.15) is 0 Å². The lowest BCUT2D eigenvalue weighted by Crippen LogP contribution is -2.23. The summed E-state index contributed by atoms with van der Waals surface area (Å²) in [4.78, 5) is 4.09. The SMILES string of the molecule is CCC(CCO)CNCc1ccc(O)cn1. The largest absolute Gasteiger partial charge is 0.506 e. The third-order valence-electron chi connectivity index (χ3n) is 2.66. The molecule has 1 aromatic rings. The maximum Gasteiger partial charge on any atom is 0.133 e. The molecule has 0 radical (unpaired) electrons. The maximum atomic E-state index is 9.07. The summed E-state index contributed by atoms with van der Waals surface area (Å²) in [6, 6.07) is 3.43. The summed E-state index contributed by atoms with van der Waals surface area (Å²) in [5, 5.41) is 21.2. The van der Waals surface area contributed by atoms with Crippen molar-refractivity contribution in [3.63, 3.8) is 0 Å². The molecule has 0 aliphatic heterocycles. The van der Waals surface area contributed by atoms with Gasteiger partial charge in [0.05, 0.1) is 11.9 Å². The Morgan fingerprint density at radius 2 is 2.25 bits per heavy atom. The molecule has 1 aromatic heterocycles. The summed E-state index contributed by atoms with van der Waals surface area (Å²) < 4.78 is 0. The van der Waals surface area contributed by atoms with Crippen molar-refractivity contribution in [3.8, 4) is 5.75 Å². The lowest BCUT2D eigenvalue weighted by atomic mass is 10.0. The number of nitrogens with one attached hydrogen (secondary N) is 1. The van der Waals surface area contributed by atoms with Crippen LogP contribution in [0.1, 0.15) is 25.5 Å². The van der Waals surface area contributed by atoms with E-state index in [0.717, 1.165) is 25.1 Å². The molecule has 0 bridgehead atoms. The van der Waals surface area contributed by atoms with Crippen LogP contribution in [0.2, 0.25) is 0 Å². The Hall–Kier alpha value is -1.13. The predicted molar refractivity (Wildman–Crippen MR) is 63.1 cm³/mol. The van der Waals surface area contributed by atoms with Crippen LogP contribution < -0.4 is 5.32 Å². The molecule has 1 heterocycles. The second-order valence-corrected chi connectivity index (χ2v) is 3.93. The van der Waals surface area contributed by atoms with Crippen LogP contribution in [0.25, 0.3) is 0 Å². The van der Waals surface area contributed by atoms with E-state index in [2.05, 4.69) is 17.2 Å². The number of aromatic nitrogens is 1. The molecule has 1 atom stereocenters. The molecule has 0 spiro atoms. The Morgan fingerprint density at radius 3 is 2.81 bits per heavy atom. The van der Waals surface area contributed by atoms with Crippen molar-refractivity contribution in [1.82, 2.24) is 10.3 Å². The van der Waals surface area contributed by atoms with E-state index in [9.17, 15) is 0 Å². The molecule has 0 aliphatic rings. The van der Waals surface area contributed by atoms with E-state index in [-0.39, 0.29) is 12.4 Å². The summed E-state index contributed by atoms with van der Waals surface area (Å²) in [5.74, 6) is 0.706. The summed E-state index contributed by atoms with van der Waals surface area (Å²) >= 11 is 0. The van der Waals surface area contributed by atoms with Gasteiger partial charge in [0.2, 0.25) is 0 Å². The van der Waals surface area contributed by atoms with Gasteiger partial charge in [-0.3, -0.25) is 4.98 Å². The van der Waals surface area contributed by atoms with Crippen LogP contribution in [0.4, 0.5) is 0 Å². The smallest absolute Gasteiger partial charge is 0.133 e. The van der Waals surface area contributed by atoms with Gasteiger partial charge >= 0.3 is 0 Å². The first-order valence-electron chi connectivity index (χ1n) is 5.71. The highest BCUT2D eigenvalue weighted by atomic mass is 16.3.